The van der Waals surface area contributed by atoms with Gasteiger partial charge in [0.15, 0.2) is 11.5 Å². The lowest BCUT2D eigenvalue weighted by molar-refractivity contribution is -0.479. The minimum absolute atomic E-state index is 0.175. The molecule has 1 N–H and O–H groups in total. The number of rotatable bonds is 10. The molecule has 0 fully saturated rings. The molecule has 39 heavy (non-hydrogen) atoms. The van der Waals surface area contributed by atoms with Crippen LogP contribution in [-0.2, 0) is 19.5 Å². The van der Waals surface area contributed by atoms with Gasteiger partial charge in [-0.15, -0.1) is 11.8 Å². The van der Waals surface area contributed by atoms with Crippen LogP contribution >= 0.6 is 11.8 Å². The number of fused-ring (bicyclic) bond motifs is 3. The number of thioether (sulfide) groups is 1. The van der Waals surface area contributed by atoms with E-state index in [1.165, 1.54) is 11.8 Å². The van der Waals surface area contributed by atoms with Crippen LogP contribution in [0, 0.1) is 30.9 Å². The van der Waals surface area contributed by atoms with Crippen LogP contribution in [0.3, 0.4) is 0 Å². The first kappa shape index (κ1) is 28.4. The van der Waals surface area contributed by atoms with Crippen molar-refractivity contribution < 1.29 is 14.4 Å². The Balaban J connectivity index is 1.88. The smallest absolute Gasteiger partial charge is 0.330 e. The van der Waals surface area contributed by atoms with E-state index in [2.05, 4.69) is 17.4 Å². The van der Waals surface area contributed by atoms with E-state index in [9.17, 15) is 14.9 Å². The fourth-order valence-corrected chi connectivity index (χ4v) is 5.68. The van der Waals surface area contributed by atoms with Crippen LogP contribution in [0.1, 0.15) is 22.3 Å². The Hall–Kier alpha value is -3.57. The largest absolute Gasteiger partial charge is 0.493 e. The van der Waals surface area contributed by atoms with Gasteiger partial charge in [-0.25, -0.2) is 9.79 Å². The summed E-state index contributed by atoms with van der Waals surface area (Å²) in [5.41, 5.74) is 7.12. The van der Waals surface area contributed by atoms with Crippen LogP contribution < -0.4 is 26.0 Å². The highest BCUT2D eigenvalue weighted by Gasteiger charge is 2.23. The molecule has 10 nitrogen and oxygen atoms in total. The molecule has 0 saturated carbocycles. The van der Waals surface area contributed by atoms with E-state index in [1.807, 2.05) is 45.2 Å². The fourth-order valence-electron chi connectivity index (χ4n) is 5.12. The van der Waals surface area contributed by atoms with E-state index in [0.29, 0.717) is 43.0 Å². The van der Waals surface area contributed by atoms with Crippen molar-refractivity contribution in [2.75, 3.05) is 33.6 Å². The summed E-state index contributed by atoms with van der Waals surface area (Å²) in [4.78, 5) is 29.6. The maximum absolute atomic E-state index is 13.9. The van der Waals surface area contributed by atoms with Crippen LogP contribution in [0.15, 0.2) is 40.1 Å². The van der Waals surface area contributed by atoms with Crippen molar-refractivity contribution in [1.82, 2.24) is 14.5 Å². The summed E-state index contributed by atoms with van der Waals surface area (Å²) in [5, 5.41) is 13.9. The molecule has 1 atom stereocenters. The monoisotopic (exact) mass is 553 g/mol. The zero-order chi connectivity index (χ0) is 28.3. The molecule has 0 saturated heterocycles. The Morgan fingerprint density at radius 3 is 2.38 bits per heavy atom. The third-order valence-corrected chi connectivity index (χ3v) is 7.84. The third-order valence-electron chi connectivity index (χ3n) is 6.95. The van der Waals surface area contributed by atoms with Crippen LogP contribution in [0.4, 0.5) is 5.69 Å². The second kappa shape index (κ2) is 12.1. The molecule has 0 spiro atoms. The molecule has 0 amide bonds. The molecule has 0 radical (unpaired) electrons. The zero-order valence-corrected chi connectivity index (χ0v) is 24.1. The van der Waals surface area contributed by atoms with Gasteiger partial charge in [-0.3, -0.25) is 24.6 Å². The van der Waals surface area contributed by atoms with Crippen LogP contribution in [0.5, 0.6) is 11.5 Å². The molecular weight excluding hydrogens is 518 g/mol. The molecule has 1 aromatic heterocycles. The number of aromatic nitrogens is 2. The van der Waals surface area contributed by atoms with Crippen molar-refractivity contribution in [3.8, 4) is 22.8 Å². The van der Waals surface area contributed by atoms with E-state index >= 15 is 0 Å². The SMILES string of the molecule is COc1cc2c(cc1OC)-c1cc(=Nc3c(C)cc(C)cc3C)n(CCNC(C[N+](=O)[O-])SC)c(=O)n1CC2. The Morgan fingerprint density at radius 2 is 1.77 bits per heavy atom. The first-order valence-corrected chi connectivity index (χ1v) is 14.1. The van der Waals surface area contributed by atoms with Gasteiger partial charge in [0.1, 0.15) is 10.9 Å². The summed E-state index contributed by atoms with van der Waals surface area (Å²) in [6.07, 6.45) is 2.50. The summed E-state index contributed by atoms with van der Waals surface area (Å²) < 4.78 is 14.5. The van der Waals surface area contributed by atoms with Gasteiger partial charge >= 0.3 is 5.69 Å². The molecule has 2 heterocycles. The lowest BCUT2D eigenvalue weighted by atomic mass is 9.97. The molecule has 1 unspecified atom stereocenters. The highest BCUT2D eigenvalue weighted by Crippen LogP contribution is 2.37. The molecule has 0 bridgehead atoms. The van der Waals surface area contributed by atoms with Gasteiger partial charge in [0.05, 0.1) is 25.6 Å². The lowest BCUT2D eigenvalue weighted by Gasteiger charge is -2.25. The third kappa shape index (κ3) is 6.04. The number of hydrogen-bond donors (Lipinski definition) is 1. The first-order valence-electron chi connectivity index (χ1n) is 12.8. The Labute approximate surface area is 231 Å². The van der Waals surface area contributed by atoms with Gasteiger partial charge < -0.3 is 9.47 Å². The summed E-state index contributed by atoms with van der Waals surface area (Å²) in [6.45, 7) is 7.10. The number of nitro groups is 1. The van der Waals surface area contributed by atoms with Gasteiger partial charge in [0, 0.05) is 36.2 Å². The zero-order valence-electron chi connectivity index (χ0n) is 23.2. The van der Waals surface area contributed by atoms with E-state index in [0.717, 1.165) is 39.2 Å². The van der Waals surface area contributed by atoms with E-state index in [4.69, 9.17) is 14.5 Å². The normalized spacial score (nSPS) is 13.5. The summed E-state index contributed by atoms with van der Waals surface area (Å²) >= 11 is 1.38. The number of nitrogens with one attached hydrogen (secondary N) is 1. The minimum atomic E-state index is -0.350. The molecule has 3 aromatic rings. The molecule has 4 rings (SSSR count). The number of aryl methyl sites for hydroxylation is 4. The first-order chi connectivity index (χ1) is 18.7. The van der Waals surface area contributed by atoms with Gasteiger partial charge in [0.25, 0.3) is 0 Å². The number of benzene rings is 2. The van der Waals surface area contributed by atoms with Crippen molar-refractivity contribution in [2.24, 2.45) is 4.99 Å². The van der Waals surface area contributed by atoms with Crippen molar-refractivity contribution in [3.63, 3.8) is 0 Å². The predicted octanol–water partition coefficient (Wildman–Crippen LogP) is 3.60. The molecule has 11 heteroatoms. The molecule has 1 aliphatic rings. The predicted molar refractivity (Wildman–Crippen MR) is 154 cm³/mol. The second-order valence-electron chi connectivity index (χ2n) is 9.64. The summed E-state index contributed by atoms with van der Waals surface area (Å²) in [7, 11) is 3.20. The lowest BCUT2D eigenvalue weighted by Crippen LogP contribution is -2.45. The maximum Gasteiger partial charge on any atom is 0.330 e. The number of methoxy groups -OCH3 is 2. The van der Waals surface area contributed by atoms with Crippen LogP contribution in [-0.4, -0.2) is 53.0 Å². The standard InChI is InChI=1S/C28H35N5O5S/c1-17-11-18(2)27(19(3)12-17)30-25-15-22-21-14-24(38-5)23(37-4)13-20(21)7-9-31(22)28(34)32(25)10-8-29-26(39-6)16-33(35)36/h11-15,26,29H,7-10,16H2,1-6H3. The van der Waals surface area contributed by atoms with Crippen molar-refractivity contribution in [3.05, 3.63) is 78.7 Å². The van der Waals surface area contributed by atoms with Gasteiger partial charge in [-0.05, 0) is 62.3 Å². The Morgan fingerprint density at radius 1 is 1.10 bits per heavy atom. The topological polar surface area (TPSA) is 113 Å². The highest BCUT2D eigenvalue weighted by molar-refractivity contribution is 7.99. The average Bonchev–Trinajstić information content (AvgIpc) is 2.90. The minimum Gasteiger partial charge on any atom is -0.493 e. The maximum atomic E-state index is 13.9. The van der Waals surface area contributed by atoms with E-state index < -0.39 is 0 Å². The van der Waals surface area contributed by atoms with Crippen LogP contribution in [0.25, 0.3) is 11.3 Å². The summed E-state index contributed by atoms with van der Waals surface area (Å²) in [6, 6.07) is 9.99. The molecule has 2 aromatic carbocycles. The van der Waals surface area contributed by atoms with E-state index in [-0.39, 0.29) is 22.5 Å². The highest BCUT2D eigenvalue weighted by atomic mass is 32.2. The van der Waals surface area contributed by atoms with Gasteiger partial charge in [-0.2, -0.15) is 0 Å². The Bertz CT molecular complexity index is 1500. The summed E-state index contributed by atoms with van der Waals surface area (Å²) in [5.74, 6) is 1.24. The van der Waals surface area contributed by atoms with E-state index in [1.54, 1.807) is 23.4 Å². The molecule has 208 valence electrons. The van der Waals surface area contributed by atoms with Crippen LogP contribution in [0.2, 0.25) is 0 Å². The van der Waals surface area contributed by atoms with Gasteiger partial charge in [-0.1, -0.05) is 17.7 Å². The average molecular weight is 554 g/mol. The molecular formula is C28H35N5O5S. The van der Waals surface area contributed by atoms with Crippen molar-refractivity contribution >= 4 is 17.4 Å². The van der Waals surface area contributed by atoms with Crippen molar-refractivity contribution in [1.29, 1.82) is 0 Å². The number of hydrogen-bond acceptors (Lipinski definition) is 8. The number of ether oxygens (including phenoxy) is 2. The van der Waals surface area contributed by atoms with Gasteiger partial charge in [0.2, 0.25) is 6.54 Å². The molecule has 1 aliphatic heterocycles. The Kier molecular flexibility index (Phi) is 8.81. The molecule has 0 aliphatic carbocycles. The second-order valence-corrected chi connectivity index (χ2v) is 10.7. The van der Waals surface area contributed by atoms with Crippen molar-refractivity contribution in [2.45, 2.75) is 45.7 Å². The number of nitrogens with zero attached hydrogens (tertiary/aromatic N) is 4. The fraction of sp³-hybridized carbons (Fsp3) is 0.429. The quantitative estimate of drug-likeness (QED) is 0.232.